The molecule has 1 aliphatic carbocycles. The molecule has 0 unspecified atom stereocenters. The van der Waals surface area contributed by atoms with Gasteiger partial charge in [0.05, 0.1) is 10.5 Å². The van der Waals surface area contributed by atoms with Crippen LogP contribution < -0.4 is 0 Å². The second-order valence-electron chi connectivity index (χ2n) is 3.93. The van der Waals surface area contributed by atoms with Crippen LogP contribution in [0, 0.1) is 0 Å². The molecule has 0 spiro atoms. The van der Waals surface area contributed by atoms with Crippen molar-refractivity contribution < 1.29 is 8.42 Å². The fourth-order valence-corrected chi connectivity index (χ4v) is 4.71. The van der Waals surface area contributed by atoms with Crippen molar-refractivity contribution in [3.63, 3.8) is 0 Å². The van der Waals surface area contributed by atoms with Gasteiger partial charge in [0.25, 0.3) is 0 Å². The first-order valence-corrected chi connectivity index (χ1v) is 6.96. The lowest BCUT2D eigenvalue weighted by Crippen LogP contribution is -2.29. The molecule has 0 radical (unpaired) electrons. The summed E-state index contributed by atoms with van der Waals surface area (Å²) in [5.74, 6) is 0. The van der Waals surface area contributed by atoms with Gasteiger partial charge >= 0.3 is 0 Å². The summed E-state index contributed by atoms with van der Waals surface area (Å²) in [6.45, 7) is 3.95. The Labute approximate surface area is 81.6 Å². The Morgan fingerprint density at radius 3 is 2.00 bits per heavy atom. The van der Waals surface area contributed by atoms with Crippen LogP contribution in [-0.2, 0) is 9.84 Å². The predicted octanol–water partition coefficient (Wildman–Crippen LogP) is 2.53. The Kier molecular flexibility index (Phi) is 3.77. The summed E-state index contributed by atoms with van der Waals surface area (Å²) in [6.07, 6.45) is 5.55. The Morgan fingerprint density at radius 1 is 1.15 bits per heavy atom. The molecule has 0 aromatic heterocycles. The fourth-order valence-electron chi connectivity index (χ4n) is 2.24. The first kappa shape index (κ1) is 11.0. The molecular weight excluding hydrogens is 184 g/mol. The van der Waals surface area contributed by atoms with E-state index < -0.39 is 9.84 Å². The highest BCUT2D eigenvalue weighted by atomic mass is 32.2. The van der Waals surface area contributed by atoms with E-state index in [4.69, 9.17) is 0 Å². The van der Waals surface area contributed by atoms with Crippen molar-refractivity contribution in [2.75, 3.05) is 0 Å². The molecule has 1 aliphatic rings. The van der Waals surface area contributed by atoms with Crippen LogP contribution in [0.2, 0.25) is 0 Å². The zero-order valence-electron chi connectivity index (χ0n) is 8.62. The fraction of sp³-hybridized carbons (Fsp3) is 1.00. The summed E-state index contributed by atoms with van der Waals surface area (Å²) in [6, 6.07) is 0. The molecule has 2 nitrogen and oxygen atoms in total. The maximum Gasteiger partial charge on any atom is 0.155 e. The Balaban J connectivity index is 2.73. The Morgan fingerprint density at radius 2 is 1.62 bits per heavy atom. The van der Waals surface area contributed by atoms with Crippen LogP contribution in [0.15, 0.2) is 0 Å². The van der Waals surface area contributed by atoms with Gasteiger partial charge in [0, 0.05) is 0 Å². The van der Waals surface area contributed by atoms with Crippen LogP contribution in [0.25, 0.3) is 0 Å². The van der Waals surface area contributed by atoms with Gasteiger partial charge in [0.2, 0.25) is 0 Å². The Bertz CT molecular complexity index is 226. The van der Waals surface area contributed by atoms with Gasteiger partial charge in [0.1, 0.15) is 0 Å². The lowest BCUT2D eigenvalue weighted by molar-refractivity contribution is 0.555. The first-order chi connectivity index (χ1) is 6.12. The van der Waals surface area contributed by atoms with Gasteiger partial charge in [-0.15, -0.1) is 0 Å². The number of hydrogen-bond donors (Lipinski definition) is 0. The van der Waals surface area contributed by atoms with Gasteiger partial charge in [-0.05, 0) is 25.7 Å². The standard InChI is InChI=1S/C10H20O2S/c1-3-9(4-2)13(11,12)10-7-5-6-8-10/h9-10H,3-8H2,1-2H3. The molecule has 3 heteroatoms. The first-order valence-electron chi connectivity index (χ1n) is 5.35. The smallest absolute Gasteiger partial charge is 0.155 e. The zero-order valence-corrected chi connectivity index (χ0v) is 9.44. The molecule has 0 N–H and O–H groups in total. The van der Waals surface area contributed by atoms with Crippen LogP contribution in [-0.4, -0.2) is 18.9 Å². The largest absolute Gasteiger partial charge is 0.228 e. The highest BCUT2D eigenvalue weighted by Gasteiger charge is 2.33. The molecular formula is C10H20O2S. The SMILES string of the molecule is CCC(CC)S(=O)(=O)C1CCCC1. The van der Waals surface area contributed by atoms with Gasteiger partial charge in [-0.1, -0.05) is 26.7 Å². The molecule has 1 rings (SSSR count). The number of hydrogen-bond acceptors (Lipinski definition) is 2. The third-order valence-corrected chi connectivity index (χ3v) is 6.14. The summed E-state index contributed by atoms with van der Waals surface area (Å²) >= 11 is 0. The van der Waals surface area contributed by atoms with Crippen molar-refractivity contribution in [3.8, 4) is 0 Å². The van der Waals surface area contributed by atoms with Gasteiger partial charge in [-0.3, -0.25) is 0 Å². The lowest BCUT2D eigenvalue weighted by Gasteiger charge is -2.18. The van der Waals surface area contributed by atoms with E-state index in [1.54, 1.807) is 0 Å². The van der Waals surface area contributed by atoms with E-state index in [0.29, 0.717) is 0 Å². The topological polar surface area (TPSA) is 34.1 Å². The minimum absolute atomic E-state index is 0.0163. The van der Waals surface area contributed by atoms with Gasteiger partial charge < -0.3 is 0 Å². The second-order valence-corrected chi connectivity index (χ2v) is 6.45. The van der Waals surface area contributed by atoms with Crippen molar-refractivity contribution >= 4 is 9.84 Å². The third-order valence-electron chi connectivity index (χ3n) is 3.14. The lowest BCUT2D eigenvalue weighted by atomic mass is 10.3. The van der Waals surface area contributed by atoms with E-state index in [9.17, 15) is 8.42 Å². The van der Waals surface area contributed by atoms with Gasteiger partial charge in [-0.2, -0.15) is 0 Å². The summed E-state index contributed by atoms with van der Waals surface area (Å²) in [5, 5.41) is -0.104. The summed E-state index contributed by atoms with van der Waals surface area (Å²) in [7, 11) is -2.80. The van der Waals surface area contributed by atoms with Crippen LogP contribution in [0.3, 0.4) is 0 Å². The molecule has 0 amide bonds. The quantitative estimate of drug-likeness (QED) is 0.705. The van der Waals surface area contributed by atoms with Crippen molar-refractivity contribution in [3.05, 3.63) is 0 Å². The van der Waals surface area contributed by atoms with E-state index in [-0.39, 0.29) is 10.5 Å². The summed E-state index contributed by atoms with van der Waals surface area (Å²) in [4.78, 5) is 0. The molecule has 78 valence electrons. The molecule has 0 aromatic carbocycles. The molecule has 0 atom stereocenters. The zero-order chi connectivity index (χ0) is 9.90. The highest BCUT2D eigenvalue weighted by molar-refractivity contribution is 7.92. The molecule has 0 aliphatic heterocycles. The normalized spacial score (nSPS) is 19.9. The van der Waals surface area contributed by atoms with Crippen LogP contribution in [0.5, 0.6) is 0 Å². The van der Waals surface area contributed by atoms with Gasteiger partial charge in [-0.25, -0.2) is 8.42 Å². The average Bonchev–Trinajstić information content (AvgIpc) is 2.58. The summed E-state index contributed by atoms with van der Waals surface area (Å²) < 4.78 is 24.0. The number of rotatable bonds is 4. The number of sulfone groups is 1. The van der Waals surface area contributed by atoms with Crippen molar-refractivity contribution in [2.45, 2.75) is 62.9 Å². The molecule has 13 heavy (non-hydrogen) atoms. The van der Waals surface area contributed by atoms with Crippen LogP contribution in [0.4, 0.5) is 0 Å². The molecule has 1 fully saturated rings. The minimum Gasteiger partial charge on any atom is -0.228 e. The average molecular weight is 204 g/mol. The molecule has 1 saturated carbocycles. The maximum atomic E-state index is 12.0. The third kappa shape index (κ3) is 2.25. The maximum absolute atomic E-state index is 12.0. The van der Waals surface area contributed by atoms with Gasteiger partial charge in [0.15, 0.2) is 9.84 Å². The molecule has 0 saturated heterocycles. The van der Waals surface area contributed by atoms with Crippen molar-refractivity contribution in [1.29, 1.82) is 0 Å². The van der Waals surface area contributed by atoms with E-state index in [1.807, 2.05) is 13.8 Å². The van der Waals surface area contributed by atoms with E-state index >= 15 is 0 Å². The molecule has 0 aromatic rings. The van der Waals surface area contributed by atoms with E-state index in [1.165, 1.54) is 0 Å². The van der Waals surface area contributed by atoms with Crippen LogP contribution in [0.1, 0.15) is 52.4 Å². The highest BCUT2D eigenvalue weighted by Crippen LogP contribution is 2.29. The van der Waals surface area contributed by atoms with Crippen LogP contribution >= 0.6 is 0 Å². The summed E-state index contributed by atoms with van der Waals surface area (Å²) in [5.41, 5.74) is 0. The Hall–Kier alpha value is -0.0500. The van der Waals surface area contributed by atoms with Crippen molar-refractivity contribution in [1.82, 2.24) is 0 Å². The molecule has 0 heterocycles. The molecule has 0 bridgehead atoms. The van der Waals surface area contributed by atoms with E-state index in [0.717, 1.165) is 38.5 Å². The van der Waals surface area contributed by atoms with Crippen molar-refractivity contribution in [2.24, 2.45) is 0 Å². The monoisotopic (exact) mass is 204 g/mol. The van der Waals surface area contributed by atoms with E-state index in [2.05, 4.69) is 0 Å². The minimum atomic E-state index is -2.80. The predicted molar refractivity (Wildman–Crippen MR) is 55.5 cm³/mol. The second kappa shape index (κ2) is 4.45.